The number of amides is 1. The van der Waals surface area contributed by atoms with Crippen LogP contribution in [-0.4, -0.2) is 43.2 Å². The lowest BCUT2D eigenvalue weighted by molar-refractivity contribution is -0.123. The number of piperidine rings is 1. The molecule has 0 radical (unpaired) electrons. The third-order valence-corrected chi connectivity index (χ3v) is 5.69. The van der Waals surface area contributed by atoms with Gasteiger partial charge in [-0.15, -0.1) is 0 Å². The lowest BCUT2D eigenvalue weighted by atomic mass is 9.92. The van der Waals surface area contributed by atoms with Crippen molar-refractivity contribution >= 4 is 11.6 Å². The van der Waals surface area contributed by atoms with Crippen LogP contribution in [0.2, 0.25) is 0 Å². The molecule has 1 saturated carbocycles. The molecule has 1 aromatic carbocycles. The van der Waals surface area contributed by atoms with Crippen LogP contribution in [0.4, 0.5) is 5.69 Å². The number of carbonyl (C=O) groups excluding carboxylic acids is 1. The van der Waals surface area contributed by atoms with E-state index in [1.807, 2.05) is 7.11 Å². The smallest absolute Gasteiger partial charge is 0.221 e. The summed E-state index contributed by atoms with van der Waals surface area (Å²) in [7, 11) is 1.81. The molecule has 5 nitrogen and oxygen atoms in total. The Kier molecular flexibility index (Phi) is 6.32. The van der Waals surface area contributed by atoms with Crippen molar-refractivity contribution in [3.8, 4) is 0 Å². The first kappa shape index (κ1) is 18.2. The summed E-state index contributed by atoms with van der Waals surface area (Å²) in [4.78, 5) is 13.9. The van der Waals surface area contributed by atoms with Crippen LogP contribution in [-0.2, 0) is 16.1 Å². The van der Waals surface area contributed by atoms with Crippen LogP contribution in [0, 0.1) is 5.92 Å². The summed E-state index contributed by atoms with van der Waals surface area (Å²) in [5.74, 6) is -0.163. The average Bonchev–Trinajstić information content (AvgIpc) is 2.64. The molecule has 0 bridgehead atoms. The second-order valence-electron chi connectivity index (χ2n) is 7.49. The number of ether oxygens (including phenoxy) is 1. The van der Waals surface area contributed by atoms with Crippen LogP contribution in [0.25, 0.3) is 0 Å². The maximum absolute atomic E-state index is 11.5. The summed E-state index contributed by atoms with van der Waals surface area (Å²) >= 11 is 0. The number of nitrogens with zero attached hydrogens (tertiary/aromatic N) is 1. The largest absolute Gasteiger partial charge is 0.382 e. The van der Waals surface area contributed by atoms with Gasteiger partial charge in [0.1, 0.15) is 0 Å². The molecule has 1 amide bonds. The molecule has 5 heteroatoms. The van der Waals surface area contributed by atoms with Crippen LogP contribution in [0.1, 0.15) is 44.1 Å². The van der Waals surface area contributed by atoms with Crippen LogP contribution < -0.4 is 11.1 Å². The lowest BCUT2D eigenvalue weighted by Crippen LogP contribution is -2.40. The fourth-order valence-electron chi connectivity index (χ4n) is 4.13. The Bertz CT molecular complexity index is 570. The van der Waals surface area contributed by atoms with E-state index in [1.165, 1.54) is 11.3 Å². The summed E-state index contributed by atoms with van der Waals surface area (Å²) in [6, 6.07) is 9.07. The molecule has 0 spiro atoms. The van der Waals surface area contributed by atoms with Gasteiger partial charge in [0.15, 0.2) is 0 Å². The Morgan fingerprint density at radius 1 is 1.24 bits per heavy atom. The van der Waals surface area contributed by atoms with Gasteiger partial charge in [-0.25, -0.2) is 0 Å². The van der Waals surface area contributed by atoms with Gasteiger partial charge in [0, 0.05) is 31.9 Å². The minimum absolute atomic E-state index is 0.00167. The van der Waals surface area contributed by atoms with Gasteiger partial charge >= 0.3 is 0 Å². The van der Waals surface area contributed by atoms with Crippen LogP contribution in [0.5, 0.6) is 0 Å². The van der Waals surface area contributed by atoms with Crippen LogP contribution in [0.15, 0.2) is 24.3 Å². The van der Waals surface area contributed by atoms with E-state index in [2.05, 4.69) is 34.5 Å². The normalized spacial score (nSPS) is 27.8. The standard InChI is InChI=1S/C20H31N3O2/c1-25-18-10-8-17(9-11-18)22-19-7-3-2-5-15(19)13-23-12-4-6-16(14-23)20(21)24/h2-3,5,7,16-18,22H,4,6,8-14H2,1H3,(H2,21,24)/t16-,17?,18?/m0/s1. The zero-order valence-corrected chi connectivity index (χ0v) is 15.2. The molecular formula is C20H31N3O2. The topological polar surface area (TPSA) is 67.6 Å². The molecule has 1 aliphatic heterocycles. The summed E-state index contributed by atoms with van der Waals surface area (Å²) in [6.07, 6.45) is 6.96. The van der Waals surface area contributed by atoms with E-state index in [-0.39, 0.29) is 11.8 Å². The van der Waals surface area contributed by atoms with E-state index in [4.69, 9.17) is 10.5 Å². The molecule has 2 fully saturated rings. The van der Waals surface area contributed by atoms with Crippen molar-refractivity contribution in [3.63, 3.8) is 0 Å². The Labute approximate surface area is 150 Å². The first-order chi connectivity index (χ1) is 12.2. The third-order valence-electron chi connectivity index (χ3n) is 5.69. The summed E-state index contributed by atoms with van der Waals surface area (Å²) in [5.41, 5.74) is 8.04. The fraction of sp³-hybridized carbons (Fsp3) is 0.650. The number of likely N-dealkylation sites (tertiary alicyclic amines) is 1. The first-order valence-electron chi connectivity index (χ1n) is 9.54. The molecular weight excluding hydrogens is 314 g/mol. The summed E-state index contributed by atoms with van der Waals surface area (Å²) < 4.78 is 5.47. The maximum atomic E-state index is 11.5. The van der Waals surface area contributed by atoms with Crippen molar-refractivity contribution in [2.45, 2.75) is 57.2 Å². The Morgan fingerprint density at radius 3 is 2.72 bits per heavy atom. The predicted molar refractivity (Wildman–Crippen MR) is 100 cm³/mol. The van der Waals surface area contributed by atoms with Crippen molar-refractivity contribution in [1.29, 1.82) is 0 Å². The molecule has 3 rings (SSSR count). The molecule has 1 aromatic rings. The lowest BCUT2D eigenvalue weighted by Gasteiger charge is -2.33. The van der Waals surface area contributed by atoms with E-state index in [0.29, 0.717) is 12.1 Å². The number of benzene rings is 1. The highest BCUT2D eigenvalue weighted by molar-refractivity contribution is 5.76. The summed E-state index contributed by atoms with van der Waals surface area (Å²) in [6.45, 7) is 2.69. The molecule has 3 N–H and O–H groups in total. The Hall–Kier alpha value is -1.59. The van der Waals surface area contributed by atoms with E-state index in [9.17, 15) is 4.79 Å². The number of nitrogens with two attached hydrogens (primary N) is 1. The molecule has 1 atom stereocenters. The maximum Gasteiger partial charge on any atom is 0.221 e. The second-order valence-corrected chi connectivity index (χ2v) is 7.49. The quantitative estimate of drug-likeness (QED) is 0.832. The number of methoxy groups -OCH3 is 1. The average molecular weight is 345 g/mol. The summed E-state index contributed by atoms with van der Waals surface area (Å²) in [5, 5.41) is 3.74. The van der Waals surface area contributed by atoms with E-state index >= 15 is 0 Å². The number of rotatable bonds is 6. The molecule has 0 aromatic heterocycles. The highest BCUT2D eigenvalue weighted by Crippen LogP contribution is 2.27. The molecule has 1 heterocycles. The first-order valence-corrected chi connectivity index (χ1v) is 9.54. The highest BCUT2D eigenvalue weighted by Gasteiger charge is 2.25. The minimum Gasteiger partial charge on any atom is -0.382 e. The van der Waals surface area contributed by atoms with Gasteiger partial charge in [-0.05, 0) is 56.7 Å². The molecule has 1 saturated heterocycles. The van der Waals surface area contributed by atoms with E-state index < -0.39 is 0 Å². The fourth-order valence-corrected chi connectivity index (χ4v) is 4.13. The van der Waals surface area contributed by atoms with Gasteiger partial charge in [0.25, 0.3) is 0 Å². The number of anilines is 1. The predicted octanol–water partition coefficient (Wildman–Crippen LogP) is 2.75. The van der Waals surface area contributed by atoms with Gasteiger partial charge in [-0.1, -0.05) is 18.2 Å². The van der Waals surface area contributed by atoms with E-state index in [0.717, 1.165) is 58.2 Å². The van der Waals surface area contributed by atoms with Crippen molar-refractivity contribution in [2.24, 2.45) is 11.7 Å². The molecule has 25 heavy (non-hydrogen) atoms. The second kappa shape index (κ2) is 8.68. The van der Waals surface area contributed by atoms with Gasteiger partial charge in [-0.2, -0.15) is 0 Å². The van der Waals surface area contributed by atoms with Crippen molar-refractivity contribution in [1.82, 2.24) is 4.90 Å². The Morgan fingerprint density at radius 2 is 2.00 bits per heavy atom. The van der Waals surface area contributed by atoms with Crippen molar-refractivity contribution < 1.29 is 9.53 Å². The number of hydrogen-bond donors (Lipinski definition) is 2. The van der Waals surface area contributed by atoms with Gasteiger partial charge in [-0.3, -0.25) is 9.69 Å². The SMILES string of the molecule is COC1CCC(Nc2ccccc2CN2CCC[C@H](C(N)=O)C2)CC1. The van der Waals surface area contributed by atoms with E-state index in [1.54, 1.807) is 0 Å². The highest BCUT2D eigenvalue weighted by atomic mass is 16.5. The number of nitrogens with one attached hydrogen (secondary N) is 1. The molecule has 138 valence electrons. The number of carbonyl (C=O) groups is 1. The van der Waals surface area contributed by atoms with Gasteiger partial charge in [0.05, 0.1) is 12.0 Å². The van der Waals surface area contributed by atoms with Crippen molar-refractivity contribution in [3.05, 3.63) is 29.8 Å². The molecule has 0 unspecified atom stereocenters. The van der Waals surface area contributed by atoms with Crippen molar-refractivity contribution in [2.75, 3.05) is 25.5 Å². The zero-order valence-electron chi connectivity index (χ0n) is 15.2. The number of hydrogen-bond acceptors (Lipinski definition) is 4. The number of primary amides is 1. The molecule has 1 aliphatic carbocycles. The zero-order chi connectivity index (χ0) is 17.6. The molecule has 2 aliphatic rings. The Balaban J connectivity index is 1.60. The monoisotopic (exact) mass is 345 g/mol. The van der Waals surface area contributed by atoms with Gasteiger partial charge < -0.3 is 15.8 Å². The minimum atomic E-state index is -0.161. The number of para-hydroxylation sites is 1. The van der Waals surface area contributed by atoms with Gasteiger partial charge in [0.2, 0.25) is 5.91 Å². The van der Waals surface area contributed by atoms with Crippen LogP contribution in [0.3, 0.4) is 0 Å². The third kappa shape index (κ3) is 4.95. The van der Waals surface area contributed by atoms with Crippen LogP contribution >= 0.6 is 0 Å².